The molecule has 0 fully saturated rings. The number of carbonyl (C=O) groups excluding carboxylic acids is 3. The number of ether oxygens (including phenoxy) is 1. The van der Waals surface area contributed by atoms with E-state index >= 15 is 0 Å². The minimum atomic E-state index is -5.37. The van der Waals surface area contributed by atoms with Gasteiger partial charge in [-0.2, -0.15) is 17.6 Å². The van der Waals surface area contributed by atoms with Crippen LogP contribution in [0.1, 0.15) is 39.5 Å². The molecule has 3 rings (SSSR count). The van der Waals surface area contributed by atoms with Crippen LogP contribution in [0.4, 0.5) is 42.2 Å². The smallest absolute Gasteiger partial charge is 0.465 e. The van der Waals surface area contributed by atoms with E-state index in [0.717, 1.165) is 31.5 Å². The maximum absolute atomic E-state index is 14.1. The van der Waals surface area contributed by atoms with Crippen molar-refractivity contribution in [1.29, 1.82) is 0 Å². The number of pyridine rings is 2. The first-order chi connectivity index (χ1) is 19.3. The number of hydrogen-bond acceptors (Lipinski definition) is 6. The van der Waals surface area contributed by atoms with Crippen LogP contribution in [-0.2, 0) is 14.3 Å². The van der Waals surface area contributed by atoms with Crippen LogP contribution < -0.4 is 10.6 Å². The number of benzene rings is 1. The molecule has 2 N–H and O–H groups in total. The van der Waals surface area contributed by atoms with E-state index < -0.39 is 71.4 Å². The molecule has 0 aliphatic rings. The molecule has 0 saturated carbocycles. The monoisotopic (exact) mass is 582 g/mol. The first kappa shape index (κ1) is 30.5. The molecule has 0 radical (unpaired) electrons. The van der Waals surface area contributed by atoms with Crippen molar-refractivity contribution >= 4 is 29.3 Å². The molecule has 8 nitrogen and oxygen atoms in total. The summed E-state index contributed by atoms with van der Waals surface area (Å²) in [7, 11) is 0.871. The number of nitrogens with zero attached hydrogens (tertiary/aromatic N) is 2. The van der Waals surface area contributed by atoms with Crippen LogP contribution in [0, 0.1) is 23.6 Å². The second-order valence-electron chi connectivity index (χ2n) is 8.06. The molecule has 15 heteroatoms. The molecular weight excluding hydrogens is 565 g/mol. The van der Waals surface area contributed by atoms with Gasteiger partial charge in [-0.1, -0.05) is 18.1 Å². The predicted octanol–water partition coefficient (Wildman–Crippen LogP) is 4.82. The van der Waals surface area contributed by atoms with Gasteiger partial charge in [0.15, 0.2) is 0 Å². The number of aromatic nitrogens is 2. The average Bonchev–Trinajstić information content (AvgIpc) is 2.91. The summed E-state index contributed by atoms with van der Waals surface area (Å²) >= 11 is 0. The summed E-state index contributed by atoms with van der Waals surface area (Å²) in [6.45, 7) is 0. The van der Waals surface area contributed by atoms with Gasteiger partial charge in [-0.3, -0.25) is 9.59 Å². The van der Waals surface area contributed by atoms with Crippen LogP contribution in [0.15, 0.2) is 48.7 Å². The number of alkyl halides is 5. The molecule has 1 aromatic carbocycles. The van der Waals surface area contributed by atoms with Gasteiger partial charge in [-0.25, -0.2) is 27.9 Å². The van der Waals surface area contributed by atoms with Gasteiger partial charge in [-0.05, 0) is 35.7 Å². The third-order valence-electron chi connectivity index (χ3n) is 5.23. The largest absolute Gasteiger partial charge is 0.471 e. The van der Waals surface area contributed by atoms with Crippen LogP contribution in [0.2, 0.25) is 0 Å². The second-order valence-corrected chi connectivity index (χ2v) is 8.06. The Hall–Kier alpha value is -5.00. The standard InChI is InChI=1S/C26H17F7N4O4/c1-41-24(39)17-12-20(30)35-18(22(17)37-25(40)26(31,32)33)7-2-13-8-9-34-21(10-13)36-23(38)16(11-19(28)29)14-3-5-15(27)6-4-14/h3-6,8-10,12,16,19H,11H2,1H3,(H,37,40)(H,34,36,38). The van der Waals surface area contributed by atoms with Crippen molar-refractivity contribution in [3.05, 3.63) is 82.8 Å². The summed E-state index contributed by atoms with van der Waals surface area (Å²) in [6.07, 6.45) is -7.98. The SMILES string of the molecule is COC(=O)c1cc(F)nc(C#Cc2ccnc(NC(=O)C(CC(F)F)c3ccc(F)cc3)c2)c1NC(=O)C(F)(F)F. The van der Waals surface area contributed by atoms with E-state index in [4.69, 9.17) is 0 Å². The highest BCUT2D eigenvalue weighted by atomic mass is 19.4. The van der Waals surface area contributed by atoms with Crippen LogP contribution >= 0.6 is 0 Å². The molecule has 1 atom stereocenters. The number of carbonyl (C=O) groups is 3. The number of halogens is 7. The maximum atomic E-state index is 14.1. The van der Waals surface area contributed by atoms with Crippen LogP contribution in [0.3, 0.4) is 0 Å². The summed E-state index contributed by atoms with van der Waals surface area (Å²) in [5, 5.41) is 3.76. The Labute approximate surface area is 226 Å². The van der Waals surface area contributed by atoms with Crippen LogP contribution in [0.25, 0.3) is 0 Å². The summed E-state index contributed by atoms with van der Waals surface area (Å²) in [6, 6.07) is 7.25. The van der Waals surface area contributed by atoms with Crippen molar-refractivity contribution in [2.75, 3.05) is 17.7 Å². The van der Waals surface area contributed by atoms with Crippen molar-refractivity contribution in [2.45, 2.75) is 24.9 Å². The topological polar surface area (TPSA) is 110 Å². The lowest BCUT2D eigenvalue weighted by atomic mass is 9.95. The molecule has 214 valence electrons. The highest BCUT2D eigenvalue weighted by molar-refractivity contribution is 6.04. The van der Waals surface area contributed by atoms with E-state index in [-0.39, 0.29) is 16.9 Å². The molecule has 41 heavy (non-hydrogen) atoms. The van der Waals surface area contributed by atoms with Crippen molar-refractivity contribution in [1.82, 2.24) is 9.97 Å². The van der Waals surface area contributed by atoms with Gasteiger partial charge in [0, 0.05) is 24.2 Å². The molecule has 2 aromatic heterocycles. The number of hydrogen-bond donors (Lipinski definition) is 2. The quantitative estimate of drug-likeness (QED) is 0.179. The Balaban J connectivity index is 1.94. The van der Waals surface area contributed by atoms with E-state index in [1.54, 1.807) is 0 Å². The average molecular weight is 582 g/mol. The molecule has 1 unspecified atom stereocenters. The molecule has 2 heterocycles. The van der Waals surface area contributed by atoms with Crippen LogP contribution in [0.5, 0.6) is 0 Å². The second kappa shape index (κ2) is 12.9. The predicted molar refractivity (Wildman–Crippen MR) is 129 cm³/mol. The lowest BCUT2D eigenvalue weighted by Crippen LogP contribution is -2.31. The Morgan fingerprint density at radius 3 is 2.29 bits per heavy atom. The van der Waals surface area contributed by atoms with Gasteiger partial charge in [0.25, 0.3) is 0 Å². The minimum Gasteiger partial charge on any atom is -0.465 e. The first-order valence-corrected chi connectivity index (χ1v) is 11.3. The number of anilines is 2. The van der Waals surface area contributed by atoms with Gasteiger partial charge in [0.05, 0.1) is 24.3 Å². The van der Waals surface area contributed by atoms with E-state index in [1.165, 1.54) is 23.5 Å². The molecule has 0 aliphatic carbocycles. The van der Waals surface area contributed by atoms with E-state index in [2.05, 4.69) is 31.9 Å². The zero-order valence-corrected chi connectivity index (χ0v) is 20.7. The highest BCUT2D eigenvalue weighted by Crippen LogP contribution is 2.27. The third kappa shape index (κ3) is 8.24. The number of rotatable bonds is 7. The lowest BCUT2D eigenvalue weighted by Gasteiger charge is -2.16. The molecular formula is C26H17F7N4O4. The van der Waals surface area contributed by atoms with Gasteiger partial charge < -0.3 is 15.4 Å². The van der Waals surface area contributed by atoms with Crippen LogP contribution in [-0.4, -0.2) is 47.5 Å². The van der Waals surface area contributed by atoms with E-state index in [9.17, 15) is 45.1 Å². The Kier molecular flexibility index (Phi) is 9.61. The fourth-order valence-corrected chi connectivity index (χ4v) is 3.38. The summed E-state index contributed by atoms with van der Waals surface area (Å²) in [5.41, 5.74) is -2.28. The first-order valence-electron chi connectivity index (χ1n) is 11.3. The van der Waals surface area contributed by atoms with Gasteiger partial charge in [-0.15, -0.1) is 0 Å². The molecule has 0 aliphatic heterocycles. The molecule has 0 saturated heterocycles. The normalized spacial score (nSPS) is 11.7. The number of esters is 1. The van der Waals surface area contributed by atoms with Gasteiger partial charge >= 0.3 is 18.1 Å². The Morgan fingerprint density at radius 1 is 1.00 bits per heavy atom. The van der Waals surface area contributed by atoms with E-state index in [0.29, 0.717) is 6.07 Å². The number of methoxy groups -OCH3 is 1. The molecule has 0 spiro atoms. The Bertz CT molecular complexity index is 1520. The number of amides is 2. The van der Waals surface area contributed by atoms with Gasteiger partial charge in [0.2, 0.25) is 18.3 Å². The van der Waals surface area contributed by atoms with Crippen molar-refractivity contribution in [3.63, 3.8) is 0 Å². The summed E-state index contributed by atoms with van der Waals surface area (Å²) in [4.78, 5) is 43.6. The summed E-state index contributed by atoms with van der Waals surface area (Å²) in [5.74, 6) is -3.53. The van der Waals surface area contributed by atoms with Crippen molar-refractivity contribution in [2.24, 2.45) is 0 Å². The van der Waals surface area contributed by atoms with Gasteiger partial charge in [0.1, 0.15) is 17.3 Å². The Morgan fingerprint density at radius 2 is 1.68 bits per heavy atom. The zero-order chi connectivity index (χ0) is 30.3. The van der Waals surface area contributed by atoms with Crippen molar-refractivity contribution < 1.29 is 49.9 Å². The minimum absolute atomic E-state index is 0.0290. The zero-order valence-electron chi connectivity index (χ0n) is 20.7. The van der Waals surface area contributed by atoms with Crippen molar-refractivity contribution in [3.8, 4) is 11.8 Å². The number of nitrogens with one attached hydrogen (secondary N) is 2. The highest BCUT2D eigenvalue weighted by Gasteiger charge is 2.40. The molecule has 2 amide bonds. The fraction of sp³-hybridized carbons (Fsp3) is 0.192. The molecule has 0 bridgehead atoms. The lowest BCUT2D eigenvalue weighted by molar-refractivity contribution is -0.167. The maximum Gasteiger partial charge on any atom is 0.471 e. The fourth-order valence-electron chi connectivity index (χ4n) is 3.38. The third-order valence-corrected chi connectivity index (χ3v) is 5.23. The molecule has 3 aromatic rings. The summed E-state index contributed by atoms with van der Waals surface area (Å²) < 4.78 is 96.6. The van der Waals surface area contributed by atoms with E-state index in [1.807, 2.05) is 0 Å².